The number of furan rings is 1. The van der Waals surface area contributed by atoms with Gasteiger partial charge in [-0.25, -0.2) is 4.98 Å². The summed E-state index contributed by atoms with van der Waals surface area (Å²) in [5.74, 6) is 0.406. The summed E-state index contributed by atoms with van der Waals surface area (Å²) in [7, 11) is 0. The summed E-state index contributed by atoms with van der Waals surface area (Å²) in [4.78, 5) is 17.2. The van der Waals surface area contributed by atoms with Crippen LogP contribution in [0, 0.1) is 6.92 Å². The molecule has 2 heterocycles. The fourth-order valence-corrected chi connectivity index (χ4v) is 2.39. The number of ether oxygens (including phenoxy) is 1. The van der Waals surface area contributed by atoms with Gasteiger partial charge >= 0.3 is 0 Å². The Hall–Kier alpha value is -1.82. The lowest BCUT2D eigenvalue weighted by atomic mass is 10.3. The van der Waals surface area contributed by atoms with Gasteiger partial charge in [0.2, 0.25) is 0 Å². The Morgan fingerprint density at radius 3 is 3.05 bits per heavy atom. The van der Waals surface area contributed by atoms with Gasteiger partial charge in [-0.3, -0.25) is 4.79 Å². The molecule has 0 saturated heterocycles. The molecule has 0 bridgehead atoms. The molecule has 5 nitrogen and oxygen atoms in total. The molecule has 6 heteroatoms. The number of amides is 1. The highest BCUT2D eigenvalue weighted by molar-refractivity contribution is 7.09. The summed E-state index contributed by atoms with van der Waals surface area (Å²) < 4.78 is 10.4. The Morgan fingerprint density at radius 2 is 2.37 bits per heavy atom. The van der Waals surface area contributed by atoms with E-state index >= 15 is 0 Å². The standard InChI is InChI=1S/C13H16N2O3S/c1-3-17-12-5-4-10(18-12)13(16)14-7-6-11-9(2)15-8-19-11/h4-5,8H,3,6-7H2,1-2H3,(H,14,16). The van der Waals surface area contributed by atoms with E-state index in [0.717, 1.165) is 12.1 Å². The number of aryl methyl sites for hydroxylation is 1. The number of thiazole rings is 1. The van der Waals surface area contributed by atoms with Gasteiger partial charge in [0.1, 0.15) is 0 Å². The van der Waals surface area contributed by atoms with Crippen LogP contribution in [0.15, 0.2) is 22.1 Å². The lowest BCUT2D eigenvalue weighted by Crippen LogP contribution is -2.25. The number of rotatable bonds is 6. The minimum Gasteiger partial charge on any atom is -0.465 e. The first-order valence-electron chi connectivity index (χ1n) is 6.10. The zero-order valence-electron chi connectivity index (χ0n) is 10.9. The molecule has 2 aromatic rings. The zero-order chi connectivity index (χ0) is 13.7. The van der Waals surface area contributed by atoms with E-state index in [-0.39, 0.29) is 11.7 Å². The maximum Gasteiger partial charge on any atom is 0.287 e. The molecular weight excluding hydrogens is 264 g/mol. The second kappa shape index (κ2) is 6.38. The van der Waals surface area contributed by atoms with Crippen molar-refractivity contribution in [2.24, 2.45) is 0 Å². The van der Waals surface area contributed by atoms with Crippen LogP contribution in [-0.4, -0.2) is 24.0 Å². The van der Waals surface area contributed by atoms with Crippen molar-refractivity contribution in [1.29, 1.82) is 0 Å². The van der Waals surface area contributed by atoms with E-state index in [9.17, 15) is 4.79 Å². The third kappa shape index (κ3) is 3.57. The predicted octanol–water partition coefficient (Wildman–Crippen LogP) is 2.42. The molecule has 2 rings (SSSR count). The van der Waals surface area contributed by atoms with Crippen LogP contribution in [0.3, 0.4) is 0 Å². The fourth-order valence-electron chi connectivity index (χ4n) is 1.60. The monoisotopic (exact) mass is 280 g/mol. The van der Waals surface area contributed by atoms with Gasteiger partial charge in [-0.1, -0.05) is 0 Å². The van der Waals surface area contributed by atoms with Crippen LogP contribution in [0.4, 0.5) is 0 Å². The zero-order valence-corrected chi connectivity index (χ0v) is 11.8. The quantitative estimate of drug-likeness (QED) is 0.882. The topological polar surface area (TPSA) is 64.4 Å². The van der Waals surface area contributed by atoms with E-state index < -0.39 is 0 Å². The van der Waals surface area contributed by atoms with Crippen molar-refractivity contribution in [1.82, 2.24) is 10.3 Å². The Morgan fingerprint density at radius 1 is 1.53 bits per heavy atom. The van der Waals surface area contributed by atoms with Gasteiger partial charge in [0.25, 0.3) is 11.9 Å². The molecular formula is C13H16N2O3S. The molecule has 0 atom stereocenters. The molecule has 0 spiro atoms. The van der Waals surface area contributed by atoms with E-state index in [1.54, 1.807) is 23.5 Å². The Balaban J connectivity index is 1.82. The van der Waals surface area contributed by atoms with Gasteiger partial charge in [-0.2, -0.15) is 0 Å². The van der Waals surface area contributed by atoms with Crippen molar-refractivity contribution >= 4 is 17.2 Å². The maximum atomic E-state index is 11.8. The number of carbonyl (C=O) groups excluding carboxylic acids is 1. The second-order valence-corrected chi connectivity index (χ2v) is 4.86. The minimum atomic E-state index is -0.229. The largest absolute Gasteiger partial charge is 0.465 e. The Labute approximate surface area is 115 Å². The summed E-state index contributed by atoms with van der Waals surface area (Å²) >= 11 is 1.60. The van der Waals surface area contributed by atoms with E-state index in [1.165, 1.54) is 4.88 Å². The van der Waals surface area contributed by atoms with Crippen LogP contribution in [0.25, 0.3) is 0 Å². The molecule has 102 valence electrons. The molecule has 2 aromatic heterocycles. The van der Waals surface area contributed by atoms with Gasteiger partial charge in [0.05, 0.1) is 17.8 Å². The lowest BCUT2D eigenvalue weighted by Gasteiger charge is -2.02. The number of aromatic nitrogens is 1. The average molecular weight is 280 g/mol. The first-order chi connectivity index (χ1) is 9.20. The maximum absolute atomic E-state index is 11.8. The molecule has 19 heavy (non-hydrogen) atoms. The SMILES string of the molecule is CCOc1ccc(C(=O)NCCc2scnc2C)o1. The van der Waals surface area contributed by atoms with Crippen LogP contribution < -0.4 is 10.1 Å². The van der Waals surface area contributed by atoms with Crippen molar-refractivity contribution < 1.29 is 13.9 Å². The highest BCUT2D eigenvalue weighted by atomic mass is 32.1. The summed E-state index contributed by atoms with van der Waals surface area (Å²) in [6.07, 6.45) is 0.779. The molecule has 0 aliphatic carbocycles. The first kappa shape index (κ1) is 13.6. The smallest absolute Gasteiger partial charge is 0.287 e. The Bertz CT molecular complexity index is 548. The molecule has 0 aliphatic rings. The van der Waals surface area contributed by atoms with Gasteiger partial charge in [0, 0.05) is 23.9 Å². The fraction of sp³-hybridized carbons (Fsp3) is 0.385. The van der Waals surface area contributed by atoms with Crippen molar-refractivity contribution in [3.8, 4) is 5.95 Å². The molecule has 0 unspecified atom stereocenters. The molecule has 0 saturated carbocycles. The van der Waals surface area contributed by atoms with E-state index in [0.29, 0.717) is 19.1 Å². The van der Waals surface area contributed by atoms with Crippen molar-refractivity contribution in [2.75, 3.05) is 13.2 Å². The van der Waals surface area contributed by atoms with Crippen LogP contribution in [0.1, 0.15) is 28.0 Å². The number of carbonyl (C=O) groups is 1. The van der Waals surface area contributed by atoms with Crippen molar-refractivity contribution in [3.63, 3.8) is 0 Å². The minimum absolute atomic E-state index is 0.229. The first-order valence-corrected chi connectivity index (χ1v) is 6.98. The third-order valence-corrected chi connectivity index (χ3v) is 3.57. The van der Waals surface area contributed by atoms with Crippen molar-refractivity contribution in [3.05, 3.63) is 34.0 Å². The molecule has 0 radical (unpaired) electrons. The van der Waals surface area contributed by atoms with E-state index in [1.807, 2.05) is 19.4 Å². The van der Waals surface area contributed by atoms with Crippen LogP contribution in [0.2, 0.25) is 0 Å². The van der Waals surface area contributed by atoms with Crippen LogP contribution >= 0.6 is 11.3 Å². The van der Waals surface area contributed by atoms with Gasteiger partial charge in [0.15, 0.2) is 5.76 Å². The summed E-state index contributed by atoms with van der Waals surface area (Å²) in [6.45, 7) is 4.90. The molecule has 0 fully saturated rings. The van der Waals surface area contributed by atoms with Crippen LogP contribution in [-0.2, 0) is 6.42 Å². The highest BCUT2D eigenvalue weighted by Crippen LogP contribution is 2.16. The predicted molar refractivity (Wildman–Crippen MR) is 72.8 cm³/mol. The van der Waals surface area contributed by atoms with Gasteiger partial charge in [-0.15, -0.1) is 11.3 Å². The van der Waals surface area contributed by atoms with E-state index in [4.69, 9.17) is 9.15 Å². The molecule has 0 aromatic carbocycles. The van der Waals surface area contributed by atoms with Crippen molar-refractivity contribution in [2.45, 2.75) is 20.3 Å². The summed E-state index contributed by atoms with van der Waals surface area (Å²) in [5.41, 5.74) is 2.84. The summed E-state index contributed by atoms with van der Waals surface area (Å²) in [5, 5.41) is 2.81. The number of hydrogen-bond donors (Lipinski definition) is 1. The molecule has 0 aliphatic heterocycles. The number of nitrogens with zero attached hydrogens (tertiary/aromatic N) is 1. The molecule has 1 amide bonds. The van der Waals surface area contributed by atoms with Gasteiger partial charge < -0.3 is 14.5 Å². The van der Waals surface area contributed by atoms with Crippen LogP contribution in [0.5, 0.6) is 5.95 Å². The highest BCUT2D eigenvalue weighted by Gasteiger charge is 2.11. The number of hydrogen-bond acceptors (Lipinski definition) is 5. The average Bonchev–Trinajstić information content (AvgIpc) is 3.00. The van der Waals surface area contributed by atoms with Gasteiger partial charge in [-0.05, 0) is 19.9 Å². The summed E-state index contributed by atoms with van der Waals surface area (Å²) in [6, 6.07) is 3.25. The second-order valence-electron chi connectivity index (χ2n) is 3.92. The lowest BCUT2D eigenvalue weighted by molar-refractivity contribution is 0.0918. The van der Waals surface area contributed by atoms with E-state index in [2.05, 4.69) is 10.3 Å². The Kier molecular flexibility index (Phi) is 4.57. The normalized spacial score (nSPS) is 10.4. The third-order valence-electron chi connectivity index (χ3n) is 2.57. The molecule has 1 N–H and O–H groups in total. The number of nitrogens with one attached hydrogen (secondary N) is 1.